The van der Waals surface area contributed by atoms with Crippen LogP contribution in [0.3, 0.4) is 0 Å². The minimum atomic E-state index is -0.951. The van der Waals surface area contributed by atoms with E-state index in [1.54, 1.807) is 37.3 Å². The molecule has 0 fully saturated rings. The van der Waals surface area contributed by atoms with Crippen LogP contribution in [0.1, 0.15) is 19.4 Å². The second-order valence-corrected chi connectivity index (χ2v) is 3.39. The lowest BCUT2D eigenvalue weighted by Crippen LogP contribution is -2.19. The Morgan fingerprint density at radius 2 is 1.82 bits per heavy atom. The highest BCUT2D eigenvalue weighted by molar-refractivity contribution is 6.41. The van der Waals surface area contributed by atoms with Gasteiger partial charge < -0.3 is 9.84 Å². The van der Waals surface area contributed by atoms with E-state index >= 15 is 0 Å². The maximum absolute atomic E-state index is 11.6. The second kappa shape index (κ2) is 5.84. The number of benzene rings is 1. The van der Waals surface area contributed by atoms with Crippen LogP contribution in [0.25, 0.3) is 5.76 Å². The first-order valence-corrected chi connectivity index (χ1v) is 5.24. The normalized spacial score (nSPS) is 11.6. The molecule has 0 aromatic heterocycles. The molecule has 0 aliphatic heterocycles. The summed E-state index contributed by atoms with van der Waals surface area (Å²) in [5, 5.41) is 9.83. The first kappa shape index (κ1) is 13.0. The zero-order valence-electron chi connectivity index (χ0n) is 9.77. The average Bonchev–Trinajstić information content (AvgIpc) is 2.37. The van der Waals surface area contributed by atoms with Crippen molar-refractivity contribution in [2.75, 3.05) is 6.61 Å². The van der Waals surface area contributed by atoms with Crippen molar-refractivity contribution >= 4 is 17.5 Å². The van der Waals surface area contributed by atoms with Crippen LogP contribution in [-0.4, -0.2) is 23.5 Å². The van der Waals surface area contributed by atoms with Crippen molar-refractivity contribution in [2.45, 2.75) is 13.8 Å². The summed E-state index contributed by atoms with van der Waals surface area (Å²) in [6, 6.07) is 8.55. The standard InChI is InChI=1S/C13H14O4/c1-3-17-13(16)12(15)9(2)11(14)10-7-5-4-6-8-10/h4-8,14H,3H2,1-2H3. The maximum atomic E-state index is 11.6. The van der Waals surface area contributed by atoms with Gasteiger partial charge in [0.05, 0.1) is 6.61 Å². The first-order chi connectivity index (χ1) is 8.07. The van der Waals surface area contributed by atoms with Gasteiger partial charge in [0.15, 0.2) is 0 Å². The van der Waals surface area contributed by atoms with Gasteiger partial charge in [-0.3, -0.25) is 4.79 Å². The average molecular weight is 234 g/mol. The van der Waals surface area contributed by atoms with Crippen LogP contribution >= 0.6 is 0 Å². The lowest BCUT2D eigenvalue weighted by atomic mass is 10.1. The first-order valence-electron chi connectivity index (χ1n) is 5.24. The molecule has 1 rings (SSSR count). The Hall–Kier alpha value is -2.10. The van der Waals surface area contributed by atoms with Crippen molar-refractivity contribution in [1.29, 1.82) is 0 Å². The number of aliphatic hydroxyl groups excluding tert-OH is 1. The summed E-state index contributed by atoms with van der Waals surface area (Å²) >= 11 is 0. The van der Waals surface area contributed by atoms with Gasteiger partial charge in [0.2, 0.25) is 0 Å². The van der Waals surface area contributed by atoms with Gasteiger partial charge in [-0.15, -0.1) is 0 Å². The zero-order chi connectivity index (χ0) is 12.8. The molecule has 0 bridgehead atoms. The molecular weight excluding hydrogens is 220 g/mol. The molecule has 0 aliphatic rings. The number of ether oxygens (including phenoxy) is 1. The molecule has 0 saturated heterocycles. The van der Waals surface area contributed by atoms with Gasteiger partial charge in [-0.1, -0.05) is 30.3 Å². The van der Waals surface area contributed by atoms with Crippen LogP contribution in [0.15, 0.2) is 35.9 Å². The van der Waals surface area contributed by atoms with E-state index in [-0.39, 0.29) is 17.9 Å². The zero-order valence-corrected chi connectivity index (χ0v) is 9.77. The molecule has 0 aliphatic carbocycles. The number of esters is 1. The van der Waals surface area contributed by atoms with E-state index in [0.717, 1.165) is 0 Å². The van der Waals surface area contributed by atoms with Crippen molar-refractivity contribution in [1.82, 2.24) is 0 Å². The summed E-state index contributed by atoms with van der Waals surface area (Å²) in [6.45, 7) is 3.13. The molecule has 17 heavy (non-hydrogen) atoms. The topological polar surface area (TPSA) is 63.6 Å². The Morgan fingerprint density at radius 3 is 2.35 bits per heavy atom. The SMILES string of the molecule is CCOC(=O)C(=O)C(C)=C(O)c1ccccc1. The van der Waals surface area contributed by atoms with Crippen LogP contribution in [0.5, 0.6) is 0 Å². The molecule has 90 valence electrons. The van der Waals surface area contributed by atoms with Crippen molar-refractivity contribution in [3.05, 3.63) is 41.5 Å². The van der Waals surface area contributed by atoms with E-state index in [1.165, 1.54) is 6.92 Å². The third-order valence-corrected chi connectivity index (χ3v) is 2.20. The van der Waals surface area contributed by atoms with Crippen LogP contribution in [0.2, 0.25) is 0 Å². The fraction of sp³-hybridized carbons (Fsp3) is 0.231. The largest absolute Gasteiger partial charge is 0.507 e. The molecule has 1 aromatic rings. The molecule has 0 saturated carbocycles. The van der Waals surface area contributed by atoms with E-state index in [9.17, 15) is 14.7 Å². The Morgan fingerprint density at radius 1 is 1.24 bits per heavy atom. The molecule has 1 aromatic carbocycles. The predicted molar refractivity (Wildman–Crippen MR) is 63.3 cm³/mol. The number of carbonyl (C=O) groups is 2. The number of rotatable bonds is 4. The maximum Gasteiger partial charge on any atom is 0.379 e. The lowest BCUT2D eigenvalue weighted by molar-refractivity contribution is -0.151. The van der Waals surface area contributed by atoms with E-state index < -0.39 is 11.8 Å². The minimum Gasteiger partial charge on any atom is -0.507 e. The number of hydrogen-bond donors (Lipinski definition) is 1. The van der Waals surface area contributed by atoms with Crippen molar-refractivity contribution in [3.63, 3.8) is 0 Å². The molecule has 0 atom stereocenters. The van der Waals surface area contributed by atoms with Crippen LogP contribution < -0.4 is 0 Å². The Balaban J connectivity index is 2.98. The number of Topliss-reactive ketones (excluding diaryl/α,β-unsaturated/α-hetero) is 1. The molecule has 0 amide bonds. The minimum absolute atomic E-state index is 0.0188. The predicted octanol–water partition coefficient (Wildman–Crippen LogP) is 2.11. The van der Waals surface area contributed by atoms with Crippen LogP contribution in [-0.2, 0) is 14.3 Å². The molecule has 0 unspecified atom stereocenters. The van der Waals surface area contributed by atoms with Gasteiger partial charge in [0.1, 0.15) is 5.76 Å². The van der Waals surface area contributed by atoms with Gasteiger partial charge in [-0.2, -0.15) is 0 Å². The summed E-state index contributed by atoms with van der Waals surface area (Å²) in [6.07, 6.45) is 0. The van der Waals surface area contributed by atoms with Gasteiger partial charge in [0.25, 0.3) is 5.78 Å². The Labute approximate surface area is 99.5 Å². The Bertz CT molecular complexity index is 446. The third kappa shape index (κ3) is 3.17. The molecule has 4 heteroatoms. The Kier molecular flexibility index (Phi) is 4.46. The highest BCUT2D eigenvalue weighted by atomic mass is 16.5. The highest BCUT2D eigenvalue weighted by Crippen LogP contribution is 2.16. The molecule has 0 heterocycles. The van der Waals surface area contributed by atoms with E-state index in [4.69, 9.17) is 0 Å². The van der Waals surface area contributed by atoms with Crippen LogP contribution in [0.4, 0.5) is 0 Å². The lowest BCUT2D eigenvalue weighted by Gasteiger charge is -2.05. The summed E-state index contributed by atoms with van der Waals surface area (Å²) in [7, 11) is 0. The van der Waals surface area contributed by atoms with E-state index in [1.807, 2.05) is 0 Å². The fourth-order valence-electron chi connectivity index (χ4n) is 1.27. The van der Waals surface area contributed by atoms with E-state index in [0.29, 0.717) is 5.56 Å². The second-order valence-electron chi connectivity index (χ2n) is 3.39. The molecular formula is C13H14O4. The van der Waals surface area contributed by atoms with Crippen LogP contribution in [0, 0.1) is 0 Å². The van der Waals surface area contributed by atoms with Crippen molar-refractivity contribution < 1.29 is 19.4 Å². The molecule has 4 nitrogen and oxygen atoms in total. The smallest absolute Gasteiger partial charge is 0.379 e. The summed E-state index contributed by atoms with van der Waals surface area (Å²) in [5.41, 5.74) is 0.470. The van der Waals surface area contributed by atoms with Gasteiger partial charge >= 0.3 is 5.97 Å². The van der Waals surface area contributed by atoms with Crippen molar-refractivity contribution in [2.24, 2.45) is 0 Å². The fourth-order valence-corrected chi connectivity index (χ4v) is 1.27. The summed E-state index contributed by atoms with van der Waals surface area (Å²) < 4.78 is 4.58. The van der Waals surface area contributed by atoms with Gasteiger partial charge in [0, 0.05) is 11.1 Å². The quantitative estimate of drug-likeness (QED) is 0.375. The number of aliphatic hydroxyl groups is 1. The third-order valence-electron chi connectivity index (χ3n) is 2.20. The highest BCUT2D eigenvalue weighted by Gasteiger charge is 2.20. The van der Waals surface area contributed by atoms with E-state index in [2.05, 4.69) is 4.74 Å². The van der Waals surface area contributed by atoms with Gasteiger partial charge in [-0.05, 0) is 13.8 Å². The van der Waals surface area contributed by atoms with Gasteiger partial charge in [-0.25, -0.2) is 4.79 Å². The monoisotopic (exact) mass is 234 g/mol. The van der Waals surface area contributed by atoms with Crippen molar-refractivity contribution in [3.8, 4) is 0 Å². The molecule has 1 N–H and O–H groups in total. The number of carbonyl (C=O) groups excluding carboxylic acids is 2. The molecule has 0 radical (unpaired) electrons. The molecule has 0 spiro atoms. The number of ketones is 1. The summed E-state index contributed by atoms with van der Waals surface area (Å²) in [4.78, 5) is 22.8. The summed E-state index contributed by atoms with van der Waals surface area (Å²) in [5.74, 6) is -1.98. The number of hydrogen-bond acceptors (Lipinski definition) is 4.